The number of hydrogen-bond donors (Lipinski definition) is 2. The van der Waals surface area contributed by atoms with Crippen molar-refractivity contribution in [1.82, 2.24) is 15.2 Å². The molecule has 0 bridgehead atoms. The van der Waals surface area contributed by atoms with E-state index in [0.717, 1.165) is 18.0 Å². The van der Waals surface area contributed by atoms with Crippen LogP contribution in [-0.4, -0.2) is 47.9 Å². The molecule has 1 aromatic rings. The van der Waals surface area contributed by atoms with Crippen molar-refractivity contribution in [1.29, 1.82) is 0 Å². The van der Waals surface area contributed by atoms with Gasteiger partial charge in [-0.25, -0.2) is 4.98 Å². The van der Waals surface area contributed by atoms with Crippen molar-refractivity contribution < 1.29 is 9.59 Å². The molecule has 1 aliphatic heterocycles. The van der Waals surface area contributed by atoms with Crippen LogP contribution in [0.2, 0.25) is 0 Å². The second-order valence-corrected chi connectivity index (χ2v) is 6.94. The summed E-state index contributed by atoms with van der Waals surface area (Å²) in [7, 11) is 0. The van der Waals surface area contributed by atoms with Crippen LogP contribution in [0, 0.1) is 18.8 Å². The molecule has 1 saturated heterocycles. The lowest BCUT2D eigenvalue weighted by Gasteiger charge is -2.31. The predicted octanol–water partition coefficient (Wildman–Crippen LogP) is 2.41. The fraction of sp³-hybridized carbons (Fsp3) is 0.611. The summed E-state index contributed by atoms with van der Waals surface area (Å²) >= 11 is 0. The summed E-state index contributed by atoms with van der Waals surface area (Å²) in [5.41, 5.74) is 1.06. The normalized spacial score (nSPS) is 17.0. The van der Waals surface area contributed by atoms with Gasteiger partial charge in [-0.15, -0.1) is 24.8 Å². The Morgan fingerprint density at radius 1 is 1.15 bits per heavy atom. The van der Waals surface area contributed by atoms with Crippen molar-refractivity contribution in [3.63, 3.8) is 0 Å². The highest BCUT2D eigenvalue weighted by Crippen LogP contribution is 2.27. The van der Waals surface area contributed by atoms with Gasteiger partial charge >= 0.3 is 0 Å². The third kappa shape index (κ3) is 6.74. The molecule has 3 rings (SSSR count). The zero-order valence-electron chi connectivity index (χ0n) is 15.1. The standard InChI is InChI=1S/C18H26N4O2.2ClH/c1-13-2-5-16(20-10-13)21-18(24)15-6-8-22(9-7-15)17(23)12-19-11-14-3-4-14;;/h2,5,10,14-15,19H,3-4,6-9,11-12H2,1H3,(H,20,21,24);2*1H. The summed E-state index contributed by atoms with van der Waals surface area (Å²) in [6.07, 6.45) is 5.75. The number of hydrogen-bond acceptors (Lipinski definition) is 4. The number of likely N-dealkylation sites (tertiary alicyclic amines) is 1. The van der Waals surface area contributed by atoms with Crippen LogP contribution in [0.5, 0.6) is 0 Å². The summed E-state index contributed by atoms with van der Waals surface area (Å²) in [5.74, 6) is 1.48. The first-order chi connectivity index (χ1) is 11.6. The van der Waals surface area contributed by atoms with E-state index in [1.807, 2.05) is 24.0 Å². The first kappa shape index (κ1) is 22.7. The molecule has 1 saturated carbocycles. The van der Waals surface area contributed by atoms with Crippen LogP contribution in [0.15, 0.2) is 18.3 Å². The molecule has 26 heavy (non-hydrogen) atoms. The lowest BCUT2D eigenvalue weighted by molar-refractivity contribution is -0.133. The SMILES string of the molecule is Cc1ccc(NC(=O)C2CCN(C(=O)CNCC3CC3)CC2)nc1.Cl.Cl. The van der Waals surface area contributed by atoms with E-state index >= 15 is 0 Å². The van der Waals surface area contributed by atoms with Crippen molar-refractivity contribution in [2.75, 3.05) is 31.5 Å². The summed E-state index contributed by atoms with van der Waals surface area (Å²) < 4.78 is 0. The average Bonchev–Trinajstić information content (AvgIpc) is 3.41. The summed E-state index contributed by atoms with van der Waals surface area (Å²) in [6, 6.07) is 3.75. The summed E-state index contributed by atoms with van der Waals surface area (Å²) in [6.45, 7) is 4.65. The Morgan fingerprint density at radius 2 is 1.85 bits per heavy atom. The smallest absolute Gasteiger partial charge is 0.236 e. The number of anilines is 1. The van der Waals surface area contributed by atoms with Crippen molar-refractivity contribution in [2.45, 2.75) is 32.6 Å². The fourth-order valence-corrected chi connectivity index (χ4v) is 2.98. The Kier molecular flexibility index (Phi) is 9.33. The van der Waals surface area contributed by atoms with Crippen LogP contribution in [0.25, 0.3) is 0 Å². The molecule has 6 nitrogen and oxygen atoms in total. The Bertz CT molecular complexity index is 585. The minimum absolute atomic E-state index is 0. The Labute approximate surface area is 167 Å². The van der Waals surface area contributed by atoms with E-state index in [1.54, 1.807) is 6.20 Å². The van der Waals surface area contributed by atoms with Gasteiger partial charge in [-0.1, -0.05) is 6.07 Å². The van der Waals surface area contributed by atoms with Crippen LogP contribution >= 0.6 is 24.8 Å². The third-order valence-electron chi connectivity index (χ3n) is 4.79. The monoisotopic (exact) mass is 402 g/mol. The number of halogens is 2. The maximum absolute atomic E-state index is 12.3. The molecule has 0 radical (unpaired) electrons. The Morgan fingerprint density at radius 3 is 2.42 bits per heavy atom. The van der Waals surface area contributed by atoms with Crippen LogP contribution in [0.4, 0.5) is 5.82 Å². The van der Waals surface area contributed by atoms with Crippen LogP contribution in [0.3, 0.4) is 0 Å². The van der Waals surface area contributed by atoms with Crippen molar-refractivity contribution >= 4 is 42.4 Å². The quantitative estimate of drug-likeness (QED) is 0.765. The largest absolute Gasteiger partial charge is 0.342 e. The van der Waals surface area contributed by atoms with E-state index in [4.69, 9.17) is 0 Å². The number of nitrogens with zero attached hydrogens (tertiary/aromatic N) is 2. The van der Waals surface area contributed by atoms with Gasteiger partial charge in [-0.05, 0) is 56.7 Å². The molecular formula is C18H28Cl2N4O2. The predicted molar refractivity (Wildman–Crippen MR) is 107 cm³/mol. The van der Waals surface area contributed by atoms with E-state index in [2.05, 4.69) is 15.6 Å². The number of carbonyl (C=O) groups is 2. The van der Waals surface area contributed by atoms with Gasteiger partial charge in [0.1, 0.15) is 5.82 Å². The summed E-state index contributed by atoms with van der Waals surface area (Å²) in [4.78, 5) is 30.5. The Hall–Kier alpha value is -1.37. The molecule has 0 aromatic carbocycles. The maximum Gasteiger partial charge on any atom is 0.236 e. The molecule has 2 amide bonds. The number of carbonyl (C=O) groups excluding carboxylic acids is 2. The van der Waals surface area contributed by atoms with Gasteiger partial charge in [-0.3, -0.25) is 9.59 Å². The van der Waals surface area contributed by atoms with Gasteiger partial charge in [0.2, 0.25) is 11.8 Å². The zero-order chi connectivity index (χ0) is 16.9. The van der Waals surface area contributed by atoms with Crippen LogP contribution in [-0.2, 0) is 9.59 Å². The van der Waals surface area contributed by atoms with Crippen molar-refractivity contribution in [3.8, 4) is 0 Å². The number of nitrogens with one attached hydrogen (secondary N) is 2. The molecule has 0 spiro atoms. The van der Waals surface area contributed by atoms with Gasteiger partial charge in [0, 0.05) is 25.2 Å². The third-order valence-corrected chi connectivity index (χ3v) is 4.79. The molecule has 1 aromatic heterocycles. The van der Waals surface area contributed by atoms with Gasteiger partial charge in [0.25, 0.3) is 0 Å². The molecule has 0 unspecified atom stereocenters. The van der Waals surface area contributed by atoms with Crippen LogP contribution in [0.1, 0.15) is 31.2 Å². The molecule has 1 aliphatic carbocycles. The highest BCUT2D eigenvalue weighted by molar-refractivity contribution is 5.92. The minimum Gasteiger partial charge on any atom is -0.342 e. The first-order valence-corrected chi connectivity index (χ1v) is 8.84. The first-order valence-electron chi connectivity index (χ1n) is 8.84. The maximum atomic E-state index is 12.3. The van der Waals surface area contributed by atoms with Crippen molar-refractivity contribution in [3.05, 3.63) is 23.9 Å². The van der Waals surface area contributed by atoms with E-state index in [0.29, 0.717) is 38.3 Å². The highest BCUT2D eigenvalue weighted by atomic mass is 35.5. The molecule has 2 N–H and O–H groups in total. The van der Waals surface area contributed by atoms with Gasteiger partial charge in [0.05, 0.1) is 6.54 Å². The summed E-state index contributed by atoms with van der Waals surface area (Å²) in [5, 5.41) is 6.11. The van der Waals surface area contributed by atoms with Gasteiger partial charge in [0.15, 0.2) is 0 Å². The number of aryl methyl sites for hydroxylation is 1. The van der Waals surface area contributed by atoms with Gasteiger partial charge < -0.3 is 15.5 Å². The molecule has 2 aliphatic rings. The fourth-order valence-electron chi connectivity index (χ4n) is 2.98. The number of amides is 2. The number of pyridine rings is 1. The van der Waals surface area contributed by atoms with Crippen LogP contribution < -0.4 is 10.6 Å². The van der Waals surface area contributed by atoms with E-state index in [1.165, 1.54) is 12.8 Å². The number of piperidine rings is 1. The second-order valence-electron chi connectivity index (χ2n) is 6.94. The van der Waals surface area contributed by atoms with E-state index < -0.39 is 0 Å². The molecule has 8 heteroatoms. The average molecular weight is 403 g/mol. The highest BCUT2D eigenvalue weighted by Gasteiger charge is 2.27. The number of aromatic nitrogens is 1. The molecular weight excluding hydrogens is 375 g/mol. The lowest BCUT2D eigenvalue weighted by Crippen LogP contribution is -2.45. The molecule has 2 heterocycles. The van der Waals surface area contributed by atoms with E-state index in [9.17, 15) is 9.59 Å². The lowest BCUT2D eigenvalue weighted by atomic mass is 9.96. The number of rotatable bonds is 6. The molecule has 146 valence electrons. The Balaban J connectivity index is 0.00000169. The van der Waals surface area contributed by atoms with Gasteiger partial charge in [-0.2, -0.15) is 0 Å². The topological polar surface area (TPSA) is 74.3 Å². The minimum atomic E-state index is -0.0448. The second kappa shape index (κ2) is 10.7. The van der Waals surface area contributed by atoms with Crippen molar-refractivity contribution in [2.24, 2.45) is 11.8 Å². The zero-order valence-corrected chi connectivity index (χ0v) is 16.7. The molecule has 0 atom stereocenters. The van der Waals surface area contributed by atoms with E-state index in [-0.39, 0.29) is 42.5 Å². The molecule has 2 fully saturated rings.